The first kappa shape index (κ1) is 26.8. The van der Waals surface area contributed by atoms with E-state index in [1.807, 2.05) is 12.2 Å². The maximum absolute atomic E-state index is 11.9. The van der Waals surface area contributed by atoms with E-state index < -0.39 is 24.2 Å². The average molecular weight is 401 g/mol. The van der Waals surface area contributed by atoms with E-state index in [-0.39, 0.29) is 30.7 Å². The summed E-state index contributed by atoms with van der Waals surface area (Å²) in [5, 5.41) is 40.4. The van der Waals surface area contributed by atoms with Crippen LogP contribution in [0.4, 0.5) is 0 Å². The third kappa shape index (κ3) is 10.4. The van der Waals surface area contributed by atoms with Crippen LogP contribution in [0.1, 0.15) is 65.7 Å². The molecule has 6 nitrogen and oxygen atoms in total. The van der Waals surface area contributed by atoms with Crippen molar-refractivity contribution >= 4 is 5.97 Å². The largest absolute Gasteiger partial charge is 0.477 e. The Morgan fingerprint density at radius 2 is 1.39 bits per heavy atom. The number of aliphatic hydroxyl groups is 3. The molecule has 0 amide bonds. The Bertz CT molecular complexity index is 438. The lowest BCUT2D eigenvalue weighted by molar-refractivity contribution is -0.947. The van der Waals surface area contributed by atoms with Gasteiger partial charge in [-0.05, 0) is 12.8 Å². The van der Waals surface area contributed by atoms with Gasteiger partial charge in [0.05, 0.1) is 6.61 Å². The van der Waals surface area contributed by atoms with Crippen molar-refractivity contribution in [3.63, 3.8) is 0 Å². The van der Waals surface area contributed by atoms with Gasteiger partial charge in [-0.3, -0.25) is 0 Å². The number of carboxylic acids is 1. The van der Waals surface area contributed by atoms with Crippen LogP contribution < -0.4 is 0 Å². The summed E-state index contributed by atoms with van der Waals surface area (Å²) in [4.78, 5) is 11.9. The highest BCUT2D eigenvalue weighted by Crippen LogP contribution is 2.21. The van der Waals surface area contributed by atoms with E-state index in [1.165, 1.54) is 0 Å². The van der Waals surface area contributed by atoms with Gasteiger partial charge in [0.15, 0.2) is 6.04 Å². The van der Waals surface area contributed by atoms with Crippen LogP contribution >= 0.6 is 0 Å². The van der Waals surface area contributed by atoms with Crippen LogP contribution in [0.5, 0.6) is 0 Å². The van der Waals surface area contributed by atoms with Crippen molar-refractivity contribution < 1.29 is 29.7 Å². The zero-order valence-corrected chi connectivity index (χ0v) is 18.0. The molecule has 0 aliphatic heterocycles. The second-order valence-corrected chi connectivity index (χ2v) is 7.57. The highest BCUT2D eigenvalue weighted by Gasteiger charge is 2.42. The van der Waals surface area contributed by atoms with E-state index in [2.05, 4.69) is 13.8 Å². The molecule has 28 heavy (non-hydrogen) atoms. The zero-order valence-electron chi connectivity index (χ0n) is 18.0. The Kier molecular flexibility index (Phi) is 15.0. The molecule has 0 aromatic heterocycles. The molecule has 0 aliphatic rings. The molecule has 0 saturated carbocycles. The molecule has 0 aliphatic carbocycles. The summed E-state index contributed by atoms with van der Waals surface area (Å²) < 4.78 is -0.0547. The summed E-state index contributed by atoms with van der Waals surface area (Å²) in [5.41, 5.74) is 0. The van der Waals surface area contributed by atoms with E-state index in [0.29, 0.717) is 6.42 Å². The van der Waals surface area contributed by atoms with E-state index in [1.54, 1.807) is 19.1 Å². The van der Waals surface area contributed by atoms with E-state index in [0.717, 1.165) is 38.5 Å². The predicted octanol–water partition coefficient (Wildman–Crippen LogP) is 2.87. The number of rotatable bonds is 17. The zero-order chi connectivity index (χ0) is 21.4. The minimum absolute atomic E-state index is 0.0547. The minimum Gasteiger partial charge on any atom is -0.477 e. The summed E-state index contributed by atoms with van der Waals surface area (Å²) in [6.07, 6.45) is 11.9. The fraction of sp³-hybridized carbons (Fsp3) is 0.773. The molecule has 3 unspecified atom stereocenters. The van der Waals surface area contributed by atoms with Crippen molar-refractivity contribution in [2.45, 2.75) is 84.0 Å². The lowest BCUT2D eigenvalue weighted by Crippen LogP contribution is -2.64. The Balaban J connectivity index is 5.48. The Morgan fingerprint density at radius 3 is 1.71 bits per heavy atom. The fourth-order valence-corrected chi connectivity index (χ4v) is 3.68. The molecule has 0 bridgehead atoms. The summed E-state index contributed by atoms with van der Waals surface area (Å²) in [7, 11) is 0. The highest BCUT2D eigenvalue weighted by molar-refractivity contribution is 5.72. The molecule has 0 heterocycles. The van der Waals surface area contributed by atoms with Gasteiger partial charge in [0, 0.05) is 6.42 Å². The predicted molar refractivity (Wildman–Crippen MR) is 113 cm³/mol. The van der Waals surface area contributed by atoms with Crippen molar-refractivity contribution in [3.05, 3.63) is 24.3 Å². The molecule has 3 atom stereocenters. The van der Waals surface area contributed by atoms with Gasteiger partial charge in [-0.25, -0.2) is 4.79 Å². The topological polar surface area (TPSA) is 98.0 Å². The minimum atomic E-state index is -0.972. The highest BCUT2D eigenvalue weighted by atomic mass is 16.4. The summed E-state index contributed by atoms with van der Waals surface area (Å²) >= 11 is 0. The third-order valence-electron chi connectivity index (χ3n) is 5.14. The third-order valence-corrected chi connectivity index (χ3v) is 5.14. The molecule has 0 spiro atoms. The van der Waals surface area contributed by atoms with Gasteiger partial charge in [0.2, 0.25) is 0 Å². The molecule has 0 rings (SSSR count). The maximum Gasteiger partial charge on any atom is 0.362 e. The van der Waals surface area contributed by atoms with Crippen molar-refractivity contribution in [1.29, 1.82) is 0 Å². The summed E-state index contributed by atoms with van der Waals surface area (Å²) in [6, 6.07) is -0.801. The first-order chi connectivity index (χ1) is 13.4. The molecule has 0 radical (unpaired) electrons. The van der Waals surface area contributed by atoms with Crippen molar-refractivity contribution in [2.24, 2.45) is 0 Å². The average Bonchev–Trinajstić information content (AvgIpc) is 2.62. The molecule has 164 valence electrons. The quantitative estimate of drug-likeness (QED) is 0.171. The normalized spacial score (nSPS) is 17.6. The van der Waals surface area contributed by atoms with Gasteiger partial charge in [-0.15, -0.1) is 0 Å². The monoisotopic (exact) mass is 400 g/mol. The molecule has 0 saturated heterocycles. The molecule has 6 heteroatoms. The number of hydrogen-bond acceptors (Lipinski definition) is 4. The van der Waals surface area contributed by atoms with Crippen molar-refractivity contribution in [1.82, 2.24) is 0 Å². The second-order valence-electron chi connectivity index (χ2n) is 7.57. The number of carbonyl (C=O) groups is 1. The number of carboxylic acid groups (broad SMARTS) is 1. The number of aliphatic carboxylic acids is 1. The smallest absolute Gasteiger partial charge is 0.362 e. The van der Waals surface area contributed by atoms with Crippen LogP contribution in [0.3, 0.4) is 0 Å². The number of allylic oxidation sites excluding steroid dienone is 2. The van der Waals surface area contributed by atoms with E-state index in [9.17, 15) is 25.2 Å². The second kappa shape index (κ2) is 15.7. The van der Waals surface area contributed by atoms with Gasteiger partial charge in [0.25, 0.3) is 0 Å². The van der Waals surface area contributed by atoms with E-state index in [4.69, 9.17) is 0 Å². The Morgan fingerprint density at radius 1 is 0.929 bits per heavy atom. The van der Waals surface area contributed by atoms with Crippen LogP contribution in [0.2, 0.25) is 0 Å². The summed E-state index contributed by atoms with van der Waals surface area (Å²) in [6.45, 7) is 6.24. The van der Waals surface area contributed by atoms with E-state index >= 15 is 0 Å². The van der Waals surface area contributed by atoms with Gasteiger partial charge < -0.3 is 24.9 Å². The van der Waals surface area contributed by atoms with Gasteiger partial charge in [-0.2, -0.15) is 0 Å². The maximum atomic E-state index is 11.9. The van der Waals surface area contributed by atoms with Gasteiger partial charge in [0.1, 0.15) is 31.8 Å². The first-order valence-electron chi connectivity index (χ1n) is 10.8. The van der Waals surface area contributed by atoms with Gasteiger partial charge >= 0.3 is 5.97 Å². The van der Waals surface area contributed by atoms with Crippen molar-refractivity contribution in [3.8, 4) is 0 Å². The number of quaternary nitrogens is 1. The lowest BCUT2D eigenvalue weighted by atomic mass is 10.0. The lowest BCUT2D eigenvalue weighted by Gasteiger charge is -2.44. The molecular weight excluding hydrogens is 358 g/mol. The van der Waals surface area contributed by atoms with Crippen LogP contribution in [0.15, 0.2) is 24.3 Å². The summed E-state index contributed by atoms with van der Waals surface area (Å²) in [5.74, 6) is -0.972. The molecule has 4 N–H and O–H groups in total. The number of hydrogen-bond donors (Lipinski definition) is 4. The first-order valence-corrected chi connectivity index (χ1v) is 10.8. The number of nitrogens with zero attached hydrogens (tertiary/aromatic N) is 1. The van der Waals surface area contributed by atoms with Gasteiger partial charge in [-0.1, -0.05) is 70.8 Å². The number of aliphatic hydroxyl groups excluding tert-OH is 3. The number of unbranched alkanes of at least 4 members (excludes halogenated alkanes) is 4. The fourth-order valence-electron chi connectivity index (χ4n) is 3.68. The molecule has 0 fully saturated rings. The van der Waals surface area contributed by atoms with Crippen LogP contribution in [-0.4, -0.2) is 75.4 Å². The van der Waals surface area contributed by atoms with Crippen LogP contribution in [0, 0.1) is 0 Å². The molecule has 0 aromatic rings. The van der Waals surface area contributed by atoms with Crippen molar-refractivity contribution in [2.75, 3.05) is 26.2 Å². The molecule has 0 aromatic carbocycles. The Labute approximate surface area is 170 Å². The standard InChI is InChI=1S/C22H41NO5/c1-4-7-9-11-13-19(25)17-23(15-16-24,21(6-3)22(27)28)18-20(26)14-12-10-8-5-2/h11-14,19-21,24-26H,4-10,15-18H2,1-3H3/p+1/b13-11+,14-12+. The van der Waals surface area contributed by atoms with Crippen LogP contribution in [0.25, 0.3) is 0 Å². The SMILES string of the molecule is CCCC/C=C/C(O)C[N+](CCO)(CC(O)/C=C/CCCC)C(CC)C(=O)O. The Hall–Kier alpha value is -1.21. The van der Waals surface area contributed by atoms with Crippen LogP contribution in [-0.2, 0) is 4.79 Å². The molecular formula is C22H42NO5+.